The van der Waals surface area contributed by atoms with Gasteiger partial charge in [0.2, 0.25) is 0 Å². The standard InChI is InChI=1S/C9H17NO5/c10-9(13)15-14-7-5-3-1-2-4-6-8(11)12/h1-7H2,(H2,10,13)(H,11,12). The third kappa shape index (κ3) is 12.7. The highest BCUT2D eigenvalue weighted by molar-refractivity contribution is 5.66. The summed E-state index contributed by atoms with van der Waals surface area (Å²) in [4.78, 5) is 28.7. The molecule has 0 radical (unpaired) electrons. The van der Waals surface area contributed by atoms with Gasteiger partial charge in [0, 0.05) is 6.42 Å². The SMILES string of the molecule is NC(=O)OOCCCCCCCC(=O)O. The molecule has 0 bridgehead atoms. The molecule has 15 heavy (non-hydrogen) atoms. The molecule has 0 aromatic carbocycles. The van der Waals surface area contributed by atoms with Crippen LogP contribution in [-0.4, -0.2) is 23.8 Å². The molecule has 0 aromatic rings. The zero-order valence-corrected chi connectivity index (χ0v) is 8.61. The van der Waals surface area contributed by atoms with Crippen molar-refractivity contribution in [1.29, 1.82) is 0 Å². The van der Waals surface area contributed by atoms with Crippen LogP contribution < -0.4 is 5.73 Å². The van der Waals surface area contributed by atoms with Crippen molar-refractivity contribution in [2.75, 3.05) is 6.61 Å². The fourth-order valence-electron chi connectivity index (χ4n) is 1.07. The van der Waals surface area contributed by atoms with Crippen LogP contribution in [0.2, 0.25) is 0 Å². The Morgan fingerprint density at radius 3 is 2.27 bits per heavy atom. The van der Waals surface area contributed by atoms with Gasteiger partial charge in [0.15, 0.2) is 0 Å². The van der Waals surface area contributed by atoms with E-state index in [4.69, 9.17) is 5.11 Å². The molecule has 88 valence electrons. The fourth-order valence-corrected chi connectivity index (χ4v) is 1.07. The van der Waals surface area contributed by atoms with Crippen LogP contribution >= 0.6 is 0 Å². The maximum Gasteiger partial charge on any atom is 0.436 e. The zero-order chi connectivity index (χ0) is 11.5. The van der Waals surface area contributed by atoms with E-state index < -0.39 is 12.1 Å². The van der Waals surface area contributed by atoms with Gasteiger partial charge >= 0.3 is 12.1 Å². The highest BCUT2D eigenvalue weighted by Crippen LogP contribution is 2.05. The lowest BCUT2D eigenvalue weighted by Gasteiger charge is -2.01. The summed E-state index contributed by atoms with van der Waals surface area (Å²) < 4.78 is 0. The molecule has 0 aliphatic carbocycles. The molecular formula is C9H17NO5. The van der Waals surface area contributed by atoms with Crippen LogP contribution in [0.1, 0.15) is 38.5 Å². The van der Waals surface area contributed by atoms with Gasteiger partial charge in [-0.1, -0.05) is 19.3 Å². The van der Waals surface area contributed by atoms with Gasteiger partial charge in [-0.15, -0.1) is 0 Å². The van der Waals surface area contributed by atoms with Crippen molar-refractivity contribution in [3.63, 3.8) is 0 Å². The molecular weight excluding hydrogens is 202 g/mol. The first-order valence-corrected chi connectivity index (χ1v) is 4.93. The molecule has 6 heteroatoms. The summed E-state index contributed by atoms with van der Waals surface area (Å²) in [6.07, 6.45) is 3.50. The van der Waals surface area contributed by atoms with Gasteiger partial charge < -0.3 is 10.8 Å². The number of hydrogen-bond acceptors (Lipinski definition) is 4. The van der Waals surface area contributed by atoms with Gasteiger partial charge in [0.25, 0.3) is 0 Å². The predicted octanol–water partition coefficient (Wildman–Crippen LogP) is 1.44. The summed E-state index contributed by atoms with van der Waals surface area (Å²) >= 11 is 0. The van der Waals surface area contributed by atoms with Crippen molar-refractivity contribution in [3.05, 3.63) is 0 Å². The number of aliphatic carboxylic acids is 1. The largest absolute Gasteiger partial charge is 0.481 e. The van der Waals surface area contributed by atoms with Crippen LogP contribution in [0, 0.1) is 0 Å². The fraction of sp³-hybridized carbons (Fsp3) is 0.778. The molecule has 0 rings (SSSR count). The van der Waals surface area contributed by atoms with Gasteiger partial charge in [-0.25, -0.2) is 4.79 Å². The first kappa shape index (κ1) is 13.7. The molecule has 0 aromatic heterocycles. The molecule has 0 spiro atoms. The van der Waals surface area contributed by atoms with Gasteiger partial charge in [0.1, 0.15) is 0 Å². The van der Waals surface area contributed by atoms with Gasteiger partial charge in [-0.2, -0.15) is 4.89 Å². The first-order valence-electron chi connectivity index (χ1n) is 4.93. The lowest BCUT2D eigenvalue weighted by molar-refractivity contribution is -0.236. The Hall–Kier alpha value is -1.30. The average Bonchev–Trinajstić information content (AvgIpc) is 2.14. The van der Waals surface area contributed by atoms with E-state index in [0.29, 0.717) is 13.0 Å². The summed E-state index contributed by atoms with van der Waals surface area (Å²) in [5.41, 5.74) is 4.66. The van der Waals surface area contributed by atoms with Crippen LogP contribution in [0.15, 0.2) is 0 Å². The summed E-state index contributed by atoms with van der Waals surface area (Å²) in [6, 6.07) is 0. The second-order valence-corrected chi connectivity index (χ2v) is 3.14. The Morgan fingerprint density at radius 1 is 1.07 bits per heavy atom. The summed E-state index contributed by atoms with van der Waals surface area (Å²) in [7, 11) is 0. The van der Waals surface area contributed by atoms with Crippen molar-refractivity contribution in [1.82, 2.24) is 0 Å². The normalized spacial score (nSPS) is 9.87. The molecule has 0 fully saturated rings. The minimum Gasteiger partial charge on any atom is -0.481 e. The van der Waals surface area contributed by atoms with Gasteiger partial charge in [-0.3, -0.25) is 9.68 Å². The van der Waals surface area contributed by atoms with Crippen molar-refractivity contribution in [2.45, 2.75) is 38.5 Å². The van der Waals surface area contributed by atoms with E-state index >= 15 is 0 Å². The minimum absolute atomic E-state index is 0.223. The Balaban J connectivity index is 2.99. The van der Waals surface area contributed by atoms with E-state index in [0.717, 1.165) is 25.7 Å². The number of carbonyl (C=O) groups excluding carboxylic acids is 1. The van der Waals surface area contributed by atoms with E-state index in [1.807, 2.05) is 0 Å². The molecule has 0 saturated carbocycles. The third-order valence-electron chi connectivity index (χ3n) is 1.76. The van der Waals surface area contributed by atoms with Gasteiger partial charge in [-0.05, 0) is 12.8 Å². The third-order valence-corrected chi connectivity index (χ3v) is 1.76. The number of primary amides is 1. The number of carboxylic acid groups (broad SMARTS) is 1. The number of unbranched alkanes of at least 4 members (excludes halogenated alkanes) is 4. The maximum absolute atomic E-state index is 10.2. The number of carbonyl (C=O) groups is 2. The highest BCUT2D eigenvalue weighted by Gasteiger charge is 1.97. The predicted molar refractivity (Wildman–Crippen MR) is 52.0 cm³/mol. The van der Waals surface area contributed by atoms with Crippen molar-refractivity contribution < 1.29 is 24.5 Å². The van der Waals surface area contributed by atoms with E-state index in [9.17, 15) is 9.59 Å². The molecule has 3 N–H and O–H groups in total. The van der Waals surface area contributed by atoms with Gasteiger partial charge in [0.05, 0.1) is 6.61 Å². The van der Waals surface area contributed by atoms with Crippen LogP contribution in [0.3, 0.4) is 0 Å². The lowest BCUT2D eigenvalue weighted by Crippen LogP contribution is -2.13. The second kappa shape index (κ2) is 9.26. The van der Waals surface area contributed by atoms with Crippen molar-refractivity contribution in [3.8, 4) is 0 Å². The number of nitrogens with two attached hydrogens (primary N) is 1. The zero-order valence-electron chi connectivity index (χ0n) is 8.61. The van der Waals surface area contributed by atoms with Crippen molar-refractivity contribution in [2.24, 2.45) is 5.73 Å². The Labute approximate surface area is 88.3 Å². The van der Waals surface area contributed by atoms with E-state index in [1.54, 1.807) is 0 Å². The van der Waals surface area contributed by atoms with Crippen LogP contribution in [0.25, 0.3) is 0 Å². The molecule has 0 unspecified atom stereocenters. The maximum atomic E-state index is 10.2. The number of rotatable bonds is 9. The summed E-state index contributed by atoms with van der Waals surface area (Å²) in [5.74, 6) is -0.756. The van der Waals surface area contributed by atoms with Crippen LogP contribution in [0.5, 0.6) is 0 Å². The molecule has 1 amide bonds. The first-order chi connectivity index (χ1) is 7.13. The van der Waals surface area contributed by atoms with Crippen molar-refractivity contribution >= 4 is 12.1 Å². The smallest absolute Gasteiger partial charge is 0.436 e. The van der Waals surface area contributed by atoms with E-state index in [1.165, 1.54) is 0 Å². The molecule has 0 aliphatic rings. The monoisotopic (exact) mass is 219 g/mol. The second-order valence-electron chi connectivity index (χ2n) is 3.14. The Bertz CT molecular complexity index is 175. The lowest BCUT2D eigenvalue weighted by atomic mass is 10.1. The molecule has 6 nitrogen and oxygen atoms in total. The molecule has 0 aliphatic heterocycles. The number of amides is 1. The number of carboxylic acids is 1. The average molecular weight is 219 g/mol. The van der Waals surface area contributed by atoms with E-state index in [-0.39, 0.29) is 6.42 Å². The van der Waals surface area contributed by atoms with E-state index in [2.05, 4.69) is 15.5 Å². The Kier molecular flexibility index (Phi) is 8.46. The quantitative estimate of drug-likeness (QED) is 0.347. The highest BCUT2D eigenvalue weighted by atomic mass is 17.2. The topological polar surface area (TPSA) is 98.9 Å². The summed E-state index contributed by atoms with van der Waals surface area (Å²) in [5, 5.41) is 8.36. The number of hydrogen-bond donors (Lipinski definition) is 2. The Morgan fingerprint density at radius 2 is 1.67 bits per heavy atom. The summed E-state index contributed by atoms with van der Waals surface area (Å²) in [6.45, 7) is 0.321. The van der Waals surface area contributed by atoms with Crippen LogP contribution in [-0.2, 0) is 14.6 Å². The molecule has 0 atom stereocenters. The minimum atomic E-state index is -0.948. The van der Waals surface area contributed by atoms with Crippen LogP contribution in [0.4, 0.5) is 4.79 Å². The molecule has 0 saturated heterocycles. The molecule has 0 heterocycles.